The van der Waals surface area contributed by atoms with Crippen LogP contribution in [0.4, 0.5) is 10.2 Å². The maximum absolute atomic E-state index is 13.0. The lowest BCUT2D eigenvalue weighted by Gasteiger charge is -2.21. The monoisotopic (exact) mass is 379 g/mol. The molecule has 0 atom stereocenters. The molecule has 3 aromatic rings. The summed E-state index contributed by atoms with van der Waals surface area (Å²) >= 11 is 0. The molecule has 2 aromatic heterocycles. The first-order valence-corrected chi connectivity index (χ1v) is 9.35. The summed E-state index contributed by atoms with van der Waals surface area (Å²) in [5.41, 5.74) is 3.70. The molecule has 144 valence electrons. The zero-order valence-corrected chi connectivity index (χ0v) is 16.0. The molecule has 0 saturated heterocycles. The number of rotatable bonds is 6. The summed E-state index contributed by atoms with van der Waals surface area (Å²) in [4.78, 5) is 28.2. The van der Waals surface area contributed by atoms with Gasteiger partial charge in [-0.2, -0.15) is 0 Å². The Morgan fingerprint density at radius 3 is 2.71 bits per heavy atom. The van der Waals surface area contributed by atoms with E-state index in [9.17, 15) is 9.18 Å². The standard InChI is InChI=1S/C21H22FN5O/c1-26-12-19(23-13-26)20-24-18-5-3-4-17(18)21(25-20)27(2)11-16(28)10-14-6-8-15(22)9-7-14/h6-9,12-13H,3-5,10-11H2,1-2H3. The largest absolute Gasteiger partial charge is 0.352 e. The molecule has 0 unspecified atom stereocenters. The van der Waals surface area contributed by atoms with Crippen molar-refractivity contribution in [1.82, 2.24) is 19.5 Å². The van der Waals surface area contributed by atoms with E-state index < -0.39 is 0 Å². The van der Waals surface area contributed by atoms with E-state index in [1.54, 1.807) is 18.5 Å². The molecule has 2 heterocycles. The number of aryl methyl sites for hydroxylation is 2. The van der Waals surface area contributed by atoms with Gasteiger partial charge in [0.25, 0.3) is 0 Å². The molecule has 0 fully saturated rings. The van der Waals surface area contributed by atoms with Crippen LogP contribution in [-0.4, -0.2) is 38.9 Å². The minimum Gasteiger partial charge on any atom is -0.352 e. The summed E-state index contributed by atoms with van der Waals surface area (Å²) < 4.78 is 14.9. The Bertz CT molecular complexity index is 1010. The SMILES string of the molecule is CN(CC(=O)Cc1ccc(F)cc1)c1nc(-c2cn(C)cn2)nc2c1CCC2. The van der Waals surface area contributed by atoms with E-state index in [0.717, 1.165) is 47.6 Å². The first-order chi connectivity index (χ1) is 13.5. The highest BCUT2D eigenvalue weighted by Crippen LogP contribution is 2.30. The normalized spacial score (nSPS) is 12.8. The number of ketones is 1. The van der Waals surface area contributed by atoms with E-state index in [4.69, 9.17) is 9.97 Å². The zero-order chi connectivity index (χ0) is 19.7. The molecule has 28 heavy (non-hydrogen) atoms. The summed E-state index contributed by atoms with van der Waals surface area (Å²) in [5, 5.41) is 0. The third-order valence-corrected chi connectivity index (χ3v) is 4.93. The van der Waals surface area contributed by atoms with Crippen LogP contribution in [0.3, 0.4) is 0 Å². The Labute approximate surface area is 163 Å². The van der Waals surface area contributed by atoms with Crippen LogP contribution in [0.5, 0.6) is 0 Å². The van der Waals surface area contributed by atoms with Crippen molar-refractivity contribution in [2.24, 2.45) is 7.05 Å². The average molecular weight is 379 g/mol. The number of hydrogen-bond acceptors (Lipinski definition) is 5. The number of nitrogens with zero attached hydrogens (tertiary/aromatic N) is 5. The van der Waals surface area contributed by atoms with Crippen molar-refractivity contribution in [2.45, 2.75) is 25.7 Å². The van der Waals surface area contributed by atoms with E-state index in [-0.39, 0.29) is 24.6 Å². The van der Waals surface area contributed by atoms with Crippen molar-refractivity contribution < 1.29 is 9.18 Å². The summed E-state index contributed by atoms with van der Waals surface area (Å²) in [6.45, 7) is 0.239. The van der Waals surface area contributed by atoms with Crippen LogP contribution in [0.25, 0.3) is 11.5 Å². The van der Waals surface area contributed by atoms with Crippen LogP contribution in [-0.2, 0) is 31.1 Å². The van der Waals surface area contributed by atoms with Gasteiger partial charge >= 0.3 is 0 Å². The van der Waals surface area contributed by atoms with Crippen molar-refractivity contribution in [3.63, 3.8) is 0 Å². The predicted octanol–water partition coefficient (Wildman–Crippen LogP) is 2.75. The number of imidazole rings is 1. The number of anilines is 1. The highest BCUT2D eigenvalue weighted by atomic mass is 19.1. The van der Waals surface area contributed by atoms with Crippen LogP contribution < -0.4 is 4.90 Å². The topological polar surface area (TPSA) is 63.9 Å². The maximum Gasteiger partial charge on any atom is 0.182 e. The minimum atomic E-state index is -0.299. The van der Waals surface area contributed by atoms with Crippen LogP contribution in [0.15, 0.2) is 36.8 Å². The molecule has 0 radical (unpaired) electrons. The van der Waals surface area contributed by atoms with E-state index >= 15 is 0 Å². The molecule has 1 aliphatic rings. The van der Waals surface area contributed by atoms with Gasteiger partial charge in [0.15, 0.2) is 11.6 Å². The van der Waals surface area contributed by atoms with Gasteiger partial charge in [-0.1, -0.05) is 12.1 Å². The first-order valence-electron chi connectivity index (χ1n) is 9.35. The van der Waals surface area contributed by atoms with Gasteiger partial charge in [0.05, 0.1) is 12.9 Å². The van der Waals surface area contributed by atoms with E-state index in [1.807, 2.05) is 29.8 Å². The highest BCUT2D eigenvalue weighted by molar-refractivity contribution is 5.85. The van der Waals surface area contributed by atoms with Crippen molar-refractivity contribution >= 4 is 11.6 Å². The first kappa shape index (κ1) is 18.3. The number of likely N-dealkylation sites (N-methyl/N-ethyl adjacent to an activating group) is 1. The predicted molar refractivity (Wildman–Crippen MR) is 105 cm³/mol. The number of halogens is 1. The van der Waals surface area contributed by atoms with Gasteiger partial charge in [0, 0.05) is 38.0 Å². The zero-order valence-electron chi connectivity index (χ0n) is 16.0. The van der Waals surface area contributed by atoms with E-state index in [2.05, 4.69) is 4.98 Å². The molecule has 0 aliphatic heterocycles. The van der Waals surface area contributed by atoms with Crippen molar-refractivity contribution in [2.75, 3.05) is 18.5 Å². The van der Waals surface area contributed by atoms with Crippen LogP contribution in [0, 0.1) is 5.82 Å². The van der Waals surface area contributed by atoms with Crippen molar-refractivity contribution in [1.29, 1.82) is 0 Å². The van der Waals surface area contributed by atoms with E-state index in [1.165, 1.54) is 12.1 Å². The lowest BCUT2D eigenvalue weighted by atomic mass is 10.1. The number of carbonyl (C=O) groups excluding carboxylic acids is 1. The second-order valence-corrected chi connectivity index (χ2v) is 7.27. The fourth-order valence-electron chi connectivity index (χ4n) is 3.60. The number of fused-ring (bicyclic) bond motifs is 1. The molecule has 0 spiro atoms. The van der Waals surface area contributed by atoms with Crippen LogP contribution in [0.1, 0.15) is 23.2 Å². The van der Waals surface area contributed by atoms with Gasteiger partial charge in [0.1, 0.15) is 17.3 Å². The fraction of sp³-hybridized carbons (Fsp3) is 0.333. The lowest BCUT2D eigenvalue weighted by Crippen LogP contribution is -2.28. The molecular formula is C21H22FN5O. The Balaban J connectivity index is 1.56. The lowest BCUT2D eigenvalue weighted by molar-refractivity contribution is -0.117. The Hall–Kier alpha value is -3.09. The molecule has 7 heteroatoms. The molecule has 0 N–H and O–H groups in total. The molecule has 6 nitrogen and oxygen atoms in total. The van der Waals surface area contributed by atoms with Gasteiger partial charge in [-0.15, -0.1) is 0 Å². The number of hydrogen-bond donors (Lipinski definition) is 0. The summed E-state index contributed by atoms with van der Waals surface area (Å²) in [5.74, 6) is 1.15. The van der Waals surface area contributed by atoms with Crippen LogP contribution in [0.2, 0.25) is 0 Å². The molecular weight excluding hydrogens is 357 g/mol. The third-order valence-electron chi connectivity index (χ3n) is 4.93. The number of aromatic nitrogens is 4. The Morgan fingerprint density at radius 2 is 2.00 bits per heavy atom. The van der Waals surface area contributed by atoms with Crippen molar-refractivity contribution in [3.8, 4) is 11.5 Å². The third kappa shape index (κ3) is 3.78. The maximum atomic E-state index is 13.0. The molecule has 0 saturated carbocycles. The average Bonchev–Trinajstić information content (AvgIpc) is 3.31. The summed E-state index contributed by atoms with van der Waals surface area (Å²) in [6.07, 6.45) is 6.76. The second kappa shape index (κ2) is 7.50. The van der Waals surface area contributed by atoms with E-state index in [0.29, 0.717) is 5.82 Å². The number of Topliss-reactive ketones (excluding diaryl/α,β-unsaturated/α-hetero) is 1. The number of benzene rings is 1. The Kier molecular flexibility index (Phi) is 4.90. The molecule has 4 rings (SSSR count). The molecule has 1 aliphatic carbocycles. The Morgan fingerprint density at radius 1 is 1.21 bits per heavy atom. The van der Waals surface area contributed by atoms with Crippen LogP contribution >= 0.6 is 0 Å². The van der Waals surface area contributed by atoms with Gasteiger partial charge in [-0.05, 0) is 37.0 Å². The number of carbonyl (C=O) groups is 1. The summed E-state index contributed by atoms with van der Waals surface area (Å²) in [6, 6.07) is 6.05. The van der Waals surface area contributed by atoms with Gasteiger partial charge in [0.2, 0.25) is 0 Å². The second-order valence-electron chi connectivity index (χ2n) is 7.27. The van der Waals surface area contributed by atoms with Gasteiger partial charge < -0.3 is 9.47 Å². The van der Waals surface area contributed by atoms with Gasteiger partial charge in [-0.3, -0.25) is 4.79 Å². The van der Waals surface area contributed by atoms with Gasteiger partial charge in [-0.25, -0.2) is 19.3 Å². The minimum absolute atomic E-state index is 0.0545. The smallest absolute Gasteiger partial charge is 0.182 e. The molecule has 0 bridgehead atoms. The van der Waals surface area contributed by atoms with Crippen molar-refractivity contribution in [3.05, 3.63) is 59.4 Å². The highest BCUT2D eigenvalue weighted by Gasteiger charge is 2.23. The molecule has 0 amide bonds. The molecule has 1 aromatic carbocycles. The quantitative estimate of drug-likeness (QED) is 0.659. The fourth-order valence-corrected chi connectivity index (χ4v) is 3.60. The summed E-state index contributed by atoms with van der Waals surface area (Å²) in [7, 11) is 3.79.